The van der Waals surface area contributed by atoms with Gasteiger partial charge in [-0.15, -0.1) is 0 Å². The molecule has 0 unspecified atom stereocenters. The number of rotatable bonds is 11. The lowest BCUT2D eigenvalue weighted by Gasteiger charge is -2.58. The van der Waals surface area contributed by atoms with Gasteiger partial charge in [-0.1, -0.05) is 32.5 Å². The summed E-state index contributed by atoms with van der Waals surface area (Å²) < 4.78 is 13.7. The van der Waals surface area contributed by atoms with E-state index in [9.17, 15) is 24.3 Å². The van der Waals surface area contributed by atoms with Crippen molar-refractivity contribution in [1.29, 1.82) is 5.41 Å². The molecule has 3 aliphatic carbocycles. The van der Waals surface area contributed by atoms with E-state index in [0.717, 1.165) is 31.7 Å². The Hall–Kier alpha value is -2.97. The summed E-state index contributed by atoms with van der Waals surface area (Å²) in [5.74, 6) is -0.832. The van der Waals surface area contributed by atoms with Crippen LogP contribution in [0.5, 0.6) is 5.88 Å². The molecule has 13 nitrogen and oxygen atoms in total. The van der Waals surface area contributed by atoms with Crippen molar-refractivity contribution in [1.82, 2.24) is 18.9 Å². The number of nitrogens with zero attached hydrogens (tertiary/aromatic N) is 4. The van der Waals surface area contributed by atoms with Gasteiger partial charge < -0.3 is 25.2 Å². The molecule has 2 saturated heterocycles. The van der Waals surface area contributed by atoms with Crippen LogP contribution in [-0.4, -0.2) is 88.5 Å². The molecule has 3 heterocycles. The SMILES string of the molecule is C[Si](C)(C)CCOCN1C(=O)N(CC2COC2)C2(CC3(CCC(n4c(=O)c(C(=N)N)c(O)n(CC5CCCC5)c4=O)CC3)C2)C1=O. The van der Waals surface area contributed by atoms with Gasteiger partial charge in [-0.2, -0.15) is 0 Å². The van der Waals surface area contributed by atoms with Gasteiger partial charge in [-0.05, 0) is 68.7 Å². The number of aromatic hydroxyl groups is 1. The van der Waals surface area contributed by atoms with Gasteiger partial charge in [0, 0.05) is 39.7 Å². The second-order valence-electron chi connectivity index (χ2n) is 15.8. The first-order chi connectivity index (χ1) is 21.8. The Bertz CT molecular complexity index is 1490. The van der Waals surface area contributed by atoms with Crippen molar-refractivity contribution in [3.05, 3.63) is 26.4 Å². The van der Waals surface area contributed by atoms with Gasteiger partial charge in [0.1, 0.15) is 23.7 Å². The highest BCUT2D eigenvalue weighted by Crippen LogP contribution is 2.62. The van der Waals surface area contributed by atoms with E-state index >= 15 is 0 Å². The molecule has 2 spiro atoms. The number of carbonyl (C=O) groups is 2. The monoisotopic (exact) mass is 658 g/mol. The second kappa shape index (κ2) is 12.2. The summed E-state index contributed by atoms with van der Waals surface area (Å²) in [5.41, 5.74) is 3.07. The van der Waals surface area contributed by atoms with Crippen LogP contribution in [0.15, 0.2) is 9.59 Å². The van der Waals surface area contributed by atoms with E-state index in [0.29, 0.717) is 71.4 Å². The van der Waals surface area contributed by atoms with Crippen molar-refractivity contribution < 1.29 is 24.2 Å². The van der Waals surface area contributed by atoms with Crippen LogP contribution < -0.4 is 17.0 Å². The van der Waals surface area contributed by atoms with E-state index < -0.39 is 42.6 Å². The summed E-state index contributed by atoms with van der Waals surface area (Å²) in [6, 6.07) is 0.255. The van der Waals surface area contributed by atoms with Gasteiger partial charge in [-0.3, -0.25) is 24.1 Å². The minimum absolute atomic E-state index is 0.0357. The topological polar surface area (TPSA) is 173 Å². The van der Waals surface area contributed by atoms with Crippen LogP contribution in [0.25, 0.3) is 0 Å². The first-order valence-corrected chi connectivity index (χ1v) is 20.7. The molecule has 14 heteroatoms. The number of aromatic nitrogens is 2. The zero-order valence-electron chi connectivity index (χ0n) is 27.5. The van der Waals surface area contributed by atoms with Crippen molar-refractivity contribution in [3.63, 3.8) is 0 Å². The average molecular weight is 659 g/mol. The summed E-state index contributed by atoms with van der Waals surface area (Å²) >= 11 is 0. The van der Waals surface area contributed by atoms with Crippen LogP contribution in [0.1, 0.15) is 75.8 Å². The molecule has 0 atom stereocenters. The van der Waals surface area contributed by atoms with Gasteiger partial charge in [-0.25, -0.2) is 14.5 Å². The minimum Gasteiger partial charge on any atom is -0.494 e. The van der Waals surface area contributed by atoms with Crippen LogP contribution in [0.4, 0.5) is 4.79 Å². The lowest BCUT2D eigenvalue weighted by atomic mass is 9.51. The van der Waals surface area contributed by atoms with Crippen molar-refractivity contribution >= 4 is 25.8 Å². The summed E-state index contributed by atoms with van der Waals surface area (Å²) in [5, 5.41) is 18.9. The lowest BCUT2D eigenvalue weighted by molar-refractivity contribution is -0.155. The number of amidine groups is 1. The number of ether oxygens (including phenoxy) is 2. The molecule has 46 heavy (non-hydrogen) atoms. The minimum atomic E-state index is -1.32. The van der Waals surface area contributed by atoms with E-state index in [2.05, 4.69) is 19.6 Å². The molecule has 1 aromatic heterocycles. The molecule has 0 aromatic carbocycles. The lowest BCUT2D eigenvalue weighted by Crippen LogP contribution is -2.65. The quantitative estimate of drug-likeness (QED) is 0.107. The molecule has 1 aromatic rings. The highest BCUT2D eigenvalue weighted by molar-refractivity contribution is 6.76. The maximum absolute atomic E-state index is 13.9. The predicted molar refractivity (Wildman–Crippen MR) is 174 cm³/mol. The molecular weight excluding hydrogens is 608 g/mol. The summed E-state index contributed by atoms with van der Waals surface area (Å²) in [6.07, 6.45) is 7.58. The first kappa shape index (κ1) is 32.9. The smallest absolute Gasteiger partial charge is 0.334 e. The van der Waals surface area contributed by atoms with E-state index in [4.69, 9.17) is 20.6 Å². The average Bonchev–Trinajstić information content (AvgIpc) is 3.52. The molecule has 4 N–H and O–H groups in total. The molecular formula is C32H50N6O7Si. The fraction of sp³-hybridized carbons (Fsp3) is 0.781. The maximum Gasteiger partial charge on any atom is 0.334 e. The number of nitrogen functional groups attached to an aromatic ring is 1. The summed E-state index contributed by atoms with van der Waals surface area (Å²) in [4.78, 5) is 57.9. The number of nitrogens with two attached hydrogens (primary N) is 1. The van der Waals surface area contributed by atoms with Crippen molar-refractivity contribution in [2.75, 3.05) is 33.1 Å². The second-order valence-corrected chi connectivity index (χ2v) is 21.4. The fourth-order valence-electron chi connectivity index (χ4n) is 8.52. The molecule has 5 aliphatic rings. The highest BCUT2D eigenvalue weighted by Gasteiger charge is 2.68. The molecule has 254 valence electrons. The standard InChI is InChI=1S/C32H50N6O7Si/c1-46(2,3)13-12-44-20-36-28(41)32(37(29(36)42)15-22-16-45-17-22)18-31(19-32)10-8-23(9-11-31)38-27(40)24(25(33)34)26(39)35(30(38)43)14-21-6-4-5-7-21/h21-23,39H,4-20H2,1-3H3,(H3,33,34). The number of imide groups is 1. The largest absolute Gasteiger partial charge is 0.494 e. The van der Waals surface area contributed by atoms with E-state index in [1.807, 2.05) is 0 Å². The molecule has 6 rings (SSSR count). The summed E-state index contributed by atoms with van der Waals surface area (Å²) in [7, 11) is -1.32. The van der Waals surface area contributed by atoms with Crippen LogP contribution in [0.3, 0.4) is 0 Å². The summed E-state index contributed by atoms with van der Waals surface area (Å²) in [6.45, 7) is 9.19. The van der Waals surface area contributed by atoms with E-state index in [1.165, 1.54) is 14.0 Å². The Morgan fingerprint density at radius 1 is 1.02 bits per heavy atom. The van der Waals surface area contributed by atoms with Crippen LogP contribution in [0, 0.1) is 22.7 Å². The predicted octanol–water partition coefficient (Wildman–Crippen LogP) is 3.05. The first-order valence-electron chi connectivity index (χ1n) is 17.0. The Morgan fingerprint density at radius 2 is 1.67 bits per heavy atom. The van der Waals surface area contributed by atoms with Crippen LogP contribution in [-0.2, 0) is 20.8 Å². The van der Waals surface area contributed by atoms with Gasteiger partial charge in [0.2, 0.25) is 5.88 Å². The normalized spacial score (nSPS) is 28.8. The van der Waals surface area contributed by atoms with E-state index in [-0.39, 0.29) is 41.5 Å². The fourth-order valence-corrected chi connectivity index (χ4v) is 9.28. The molecule has 0 radical (unpaired) electrons. The number of amides is 3. The third kappa shape index (κ3) is 5.85. The molecule has 3 amide bonds. The molecule has 0 bridgehead atoms. The maximum atomic E-state index is 13.9. The van der Waals surface area contributed by atoms with Gasteiger partial charge >= 0.3 is 11.7 Å². The molecule has 5 fully saturated rings. The van der Waals surface area contributed by atoms with Crippen LogP contribution in [0.2, 0.25) is 25.7 Å². The molecule has 2 aliphatic heterocycles. The third-order valence-electron chi connectivity index (χ3n) is 11.2. The number of hydrogen-bond donors (Lipinski definition) is 3. The highest BCUT2D eigenvalue weighted by atomic mass is 28.3. The van der Waals surface area contributed by atoms with Gasteiger partial charge in [0.25, 0.3) is 11.5 Å². The van der Waals surface area contributed by atoms with Crippen molar-refractivity contribution in [3.8, 4) is 5.88 Å². The number of hydrogen-bond acceptors (Lipinski definition) is 8. The zero-order valence-corrected chi connectivity index (χ0v) is 28.5. The van der Waals surface area contributed by atoms with Crippen molar-refractivity contribution in [2.24, 2.45) is 23.0 Å². The number of nitrogens with one attached hydrogen (secondary N) is 1. The van der Waals surface area contributed by atoms with Crippen molar-refractivity contribution in [2.45, 2.75) is 108 Å². The van der Waals surface area contributed by atoms with Crippen LogP contribution >= 0.6 is 0 Å². The Labute approximate surface area is 270 Å². The Balaban J connectivity index is 1.18. The third-order valence-corrected chi connectivity index (χ3v) is 12.9. The van der Waals surface area contributed by atoms with E-state index in [1.54, 1.807) is 4.90 Å². The Morgan fingerprint density at radius 3 is 2.24 bits per heavy atom. The number of urea groups is 1. The Kier molecular flexibility index (Phi) is 8.77. The zero-order chi connectivity index (χ0) is 33.0. The number of carbonyl (C=O) groups excluding carboxylic acids is 2. The van der Waals surface area contributed by atoms with Gasteiger partial charge in [0.15, 0.2) is 0 Å². The molecule has 3 saturated carbocycles. The van der Waals surface area contributed by atoms with Gasteiger partial charge in [0.05, 0.1) is 13.2 Å².